The van der Waals surface area contributed by atoms with Gasteiger partial charge >= 0.3 is 0 Å². The first kappa shape index (κ1) is 13.6. The predicted octanol–water partition coefficient (Wildman–Crippen LogP) is 1.12. The third-order valence-electron chi connectivity index (χ3n) is 2.63. The highest BCUT2D eigenvalue weighted by Crippen LogP contribution is 2.20. The average Bonchev–Trinajstić information content (AvgIpc) is 2.29. The zero-order valence-corrected chi connectivity index (χ0v) is 10.8. The van der Waals surface area contributed by atoms with Crippen molar-refractivity contribution < 1.29 is 4.79 Å². The molecule has 1 rings (SSSR count). The Labute approximate surface area is 102 Å². The molecule has 1 heterocycles. The van der Waals surface area contributed by atoms with Crippen molar-refractivity contribution in [3.63, 3.8) is 0 Å². The highest BCUT2D eigenvalue weighted by atomic mass is 16.2. The van der Waals surface area contributed by atoms with E-state index in [1.54, 1.807) is 30.4 Å². The molecule has 0 aliphatic carbocycles. The van der Waals surface area contributed by atoms with Crippen molar-refractivity contribution in [2.45, 2.75) is 45.8 Å². The molecule has 1 amide bonds. The molecule has 0 saturated carbocycles. The van der Waals surface area contributed by atoms with Crippen molar-refractivity contribution >= 4 is 5.91 Å². The maximum absolute atomic E-state index is 12.1. The Morgan fingerprint density at radius 3 is 2.35 bits per heavy atom. The Hall–Kier alpha value is -1.49. The Bertz CT molecular complexity index is 364. The lowest BCUT2D eigenvalue weighted by Gasteiger charge is -2.33. The van der Waals surface area contributed by atoms with Gasteiger partial charge in [-0.1, -0.05) is 0 Å². The molecule has 94 valence electrons. The Balaban J connectivity index is 2.96. The molecule has 0 aliphatic rings. The lowest BCUT2D eigenvalue weighted by atomic mass is 10.1. The summed E-state index contributed by atoms with van der Waals surface area (Å²) in [4.78, 5) is 22.0. The number of hydrogen-bond donors (Lipinski definition) is 1. The van der Waals surface area contributed by atoms with Crippen LogP contribution in [0.5, 0.6) is 0 Å². The fourth-order valence-corrected chi connectivity index (χ4v) is 1.80. The Kier molecular flexibility index (Phi) is 4.57. The Morgan fingerprint density at radius 2 is 1.94 bits per heavy atom. The molecule has 0 saturated heterocycles. The fourth-order valence-electron chi connectivity index (χ4n) is 1.80. The molecule has 0 radical (unpaired) electrons. The van der Waals surface area contributed by atoms with Crippen LogP contribution >= 0.6 is 0 Å². The molecule has 0 bridgehead atoms. The summed E-state index contributed by atoms with van der Waals surface area (Å²) >= 11 is 0. The number of amides is 1. The van der Waals surface area contributed by atoms with Crippen molar-refractivity contribution in [1.29, 1.82) is 0 Å². The van der Waals surface area contributed by atoms with Gasteiger partial charge in [0.2, 0.25) is 5.91 Å². The van der Waals surface area contributed by atoms with Crippen LogP contribution in [0.2, 0.25) is 0 Å². The SMILES string of the molecule is CC(N)C(=O)N(C(C)C)C(C)c1cnccn1. The van der Waals surface area contributed by atoms with E-state index in [9.17, 15) is 4.79 Å². The van der Waals surface area contributed by atoms with Gasteiger partial charge in [-0.3, -0.25) is 14.8 Å². The molecule has 5 nitrogen and oxygen atoms in total. The first-order valence-corrected chi connectivity index (χ1v) is 5.78. The van der Waals surface area contributed by atoms with Gasteiger partial charge in [0, 0.05) is 18.4 Å². The summed E-state index contributed by atoms with van der Waals surface area (Å²) in [5.41, 5.74) is 6.44. The van der Waals surface area contributed by atoms with E-state index in [2.05, 4.69) is 9.97 Å². The van der Waals surface area contributed by atoms with E-state index in [1.165, 1.54) is 0 Å². The van der Waals surface area contributed by atoms with Crippen LogP contribution in [-0.2, 0) is 4.79 Å². The van der Waals surface area contributed by atoms with Gasteiger partial charge in [0.25, 0.3) is 0 Å². The molecule has 17 heavy (non-hydrogen) atoms. The molecule has 0 aliphatic heterocycles. The minimum atomic E-state index is -0.503. The third kappa shape index (κ3) is 3.23. The molecular weight excluding hydrogens is 216 g/mol. The van der Waals surface area contributed by atoms with Gasteiger partial charge in [-0.15, -0.1) is 0 Å². The molecule has 2 atom stereocenters. The van der Waals surface area contributed by atoms with E-state index in [0.717, 1.165) is 5.69 Å². The zero-order valence-electron chi connectivity index (χ0n) is 10.8. The molecule has 0 spiro atoms. The summed E-state index contributed by atoms with van der Waals surface area (Å²) in [5, 5.41) is 0. The van der Waals surface area contributed by atoms with E-state index < -0.39 is 6.04 Å². The number of aromatic nitrogens is 2. The minimum Gasteiger partial charge on any atom is -0.331 e. The van der Waals surface area contributed by atoms with Crippen LogP contribution in [0.3, 0.4) is 0 Å². The molecule has 1 aromatic heterocycles. The second-order valence-corrected chi connectivity index (χ2v) is 4.43. The lowest BCUT2D eigenvalue weighted by Crippen LogP contribution is -2.46. The van der Waals surface area contributed by atoms with Crippen LogP contribution in [0.15, 0.2) is 18.6 Å². The quantitative estimate of drug-likeness (QED) is 0.850. The number of nitrogens with zero attached hydrogens (tertiary/aromatic N) is 3. The van der Waals surface area contributed by atoms with Gasteiger partial charge in [-0.25, -0.2) is 0 Å². The summed E-state index contributed by atoms with van der Waals surface area (Å²) in [6.07, 6.45) is 4.92. The van der Waals surface area contributed by atoms with Crippen LogP contribution in [0, 0.1) is 0 Å². The molecule has 2 N–H and O–H groups in total. The van der Waals surface area contributed by atoms with Crippen LogP contribution < -0.4 is 5.73 Å². The predicted molar refractivity (Wildman–Crippen MR) is 66.1 cm³/mol. The second-order valence-electron chi connectivity index (χ2n) is 4.43. The van der Waals surface area contributed by atoms with Crippen molar-refractivity contribution in [2.75, 3.05) is 0 Å². The number of rotatable bonds is 4. The first-order valence-electron chi connectivity index (χ1n) is 5.78. The number of carbonyl (C=O) groups is 1. The largest absolute Gasteiger partial charge is 0.331 e. The summed E-state index contributed by atoms with van der Waals surface area (Å²) < 4.78 is 0. The van der Waals surface area contributed by atoms with Crippen LogP contribution in [0.1, 0.15) is 39.4 Å². The highest BCUT2D eigenvalue weighted by molar-refractivity contribution is 5.81. The molecule has 5 heteroatoms. The van der Waals surface area contributed by atoms with Crippen LogP contribution in [0.4, 0.5) is 0 Å². The maximum Gasteiger partial charge on any atom is 0.239 e. The van der Waals surface area contributed by atoms with E-state index in [-0.39, 0.29) is 18.0 Å². The fraction of sp³-hybridized carbons (Fsp3) is 0.583. The van der Waals surface area contributed by atoms with Gasteiger partial charge in [0.15, 0.2) is 0 Å². The van der Waals surface area contributed by atoms with Crippen LogP contribution in [0.25, 0.3) is 0 Å². The Morgan fingerprint density at radius 1 is 1.29 bits per heavy atom. The lowest BCUT2D eigenvalue weighted by molar-refractivity contribution is -0.136. The summed E-state index contributed by atoms with van der Waals surface area (Å²) in [6.45, 7) is 7.56. The monoisotopic (exact) mass is 236 g/mol. The smallest absolute Gasteiger partial charge is 0.239 e. The van der Waals surface area contributed by atoms with E-state index >= 15 is 0 Å². The molecular formula is C12H20N4O. The van der Waals surface area contributed by atoms with Gasteiger partial charge in [-0.2, -0.15) is 0 Å². The number of nitrogens with two attached hydrogens (primary N) is 1. The third-order valence-corrected chi connectivity index (χ3v) is 2.63. The summed E-state index contributed by atoms with van der Waals surface area (Å²) in [5.74, 6) is -0.0712. The first-order chi connectivity index (χ1) is 7.95. The minimum absolute atomic E-state index is 0.0712. The van der Waals surface area contributed by atoms with E-state index in [0.29, 0.717) is 0 Å². The normalized spacial score (nSPS) is 14.5. The topological polar surface area (TPSA) is 72.1 Å². The van der Waals surface area contributed by atoms with Crippen molar-refractivity contribution in [3.8, 4) is 0 Å². The van der Waals surface area contributed by atoms with Gasteiger partial charge in [-0.05, 0) is 27.7 Å². The van der Waals surface area contributed by atoms with Gasteiger partial charge < -0.3 is 10.6 Å². The van der Waals surface area contributed by atoms with E-state index in [4.69, 9.17) is 5.73 Å². The molecule has 1 aromatic rings. The van der Waals surface area contributed by atoms with E-state index in [1.807, 2.05) is 20.8 Å². The maximum atomic E-state index is 12.1. The number of carbonyl (C=O) groups excluding carboxylic acids is 1. The van der Waals surface area contributed by atoms with Crippen molar-refractivity contribution in [2.24, 2.45) is 5.73 Å². The molecule has 0 aromatic carbocycles. The van der Waals surface area contributed by atoms with Gasteiger partial charge in [0.1, 0.15) is 0 Å². The standard InChI is InChI=1S/C12H20N4O/c1-8(2)16(12(17)9(3)13)10(4)11-7-14-5-6-15-11/h5-10H,13H2,1-4H3. The van der Waals surface area contributed by atoms with Gasteiger partial charge in [0.05, 0.1) is 24.0 Å². The van der Waals surface area contributed by atoms with Crippen LogP contribution in [-0.4, -0.2) is 32.9 Å². The molecule has 0 fully saturated rings. The van der Waals surface area contributed by atoms with Crippen molar-refractivity contribution in [1.82, 2.24) is 14.9 Å². The highest BCUT2D eigenvalue weighted by Gasteiger charge is 2.27. The molecule has 2 unspecified atom stereocenters. The average molecular weight is 236 g/mol. The summed E-state index contributed by atoms with van der Waals surface area (Å²) in [6, 6.07) is -0.552. The second kappa shape index (κ2) is 5.72. The zero-order chi connectivity index (χ0) is 13.0. The summed E-state index contributed by atoms with van der Waals surface area (Å²) in [7, 11) is 0. The van der Waals surface area contributed by atoms with Crippen molar-refractivity contribution in [3.05, 3.63) is 24.3 Å². The number of hydrogen-bond acceptors (Lipinski definition) is 4.